The van der Waals surface area contributed by atoms with Crippen LogP contribution in [0.5, 0.6) is 0 Å². The summed E-state index contributed by atoms with van der Waals surface area (Å²) in [6.07, 6.45) is 0. The van der Waals surface area contributed by atoms with Crippen molar-refractivity contribution >= 4 is 12.4 Å². The summed E-state index contributed by atoms with van der Waals surface area (Å²) in [4.78, 5) is 2.13. The van der Waals surface area contributed by atoms with Crippen LogP contribution in [0.4, 0.5) is 0 Å². The Hall–Kier alpha value is -0.591. The van der Waals surface area contributed by atoms with Gasteiger partial charge in [-0.15, -0.1) is 10.9 Å². The molecule has 0 spiro atoms. The maximum atomic E-state index is 13.9. The van der Waals surface area contributed by atoms with E-state index in [-0.39, 0.29) is 27.4 Å². The van der Waals surface area contributed by atoms with Gasteiger partial charge in [-0.2, -0.15) is 6.07 Å². The monoisotopic (exact) mass is 403 g/mol. The predicted octanol–water partition coefficient (Wildman–Crippen LogP) is 5.46. The topological polar surface area (TPSA) is 20.3 Å². The van der Waals surface area contributed by atoms with Crippen molar-refractivity contribution in [3.05, 3.63) is 54.1 Å². The molecule has 0 amide bonds. The fraction of sp³-hybridized carbons (Fsp3) is 0.524. The standard InChI is InChI=1S/C16H29NOP.C5H5.Fe/c1-15(2,3)19(18,16(4,5)6)14-11-9-10-13(14)12-17(7)8;1-2-4-5-3-1;/h9-11H,12H2,1-8H3;1-5H;/q-1;-5;. The molecule has 0 fully saturated rings. The van der Waals surface area contributed by atoms with Gasteiger partial charge >= 0.3 is 0 Å². The van der Waals surface area contributed by atoms with E-state index in [2.05, 4.69) is 72.7 Å². The molecule has 0 saturated heterocycles. The van der Waals surface area contributed by atoms with E-state index in [0.717, 1.165) is 11.8 Å². The summed E-state index contributed by atoms with van der Waals surface area (Å²) in [5.41, 5.74) is 1.21. The number of hydrogen-bond acceptors (Lipinski definition) is 2. The molecule has 2 aromatic carbocycles. The van der Waals surface area contributed by atoms with Gasteiger partial charge in [0.15, 0.2) is 0 Å². The zero-order valence-electron chi connectivity index (χ0n) is 17.0. The second-order valence-electron chi connectivity index (χ2n) is 8.59. The molecule has 0 heterocycles. The molecule has 0 saturated carbocycles. The zero-order chi connectivity index (χ0) is 18.6. The van der Waals surface area contributed by atoms with Gasteiger partial charge in [0.25, 0.3) is 0 Å². The van der Waals surface area contributed by atoms with E-state index in [9.17, 15) is 4.57 Å². The second-order valence-corrected chi connectivity index (χ2v) is 13.0. The van der Waals surface area contributed by atoms with Gasteiger partial charge in [-0.25, -0.2) is 12.1 Å². The Balaban J connectivity index is 0.000000820. The van der Waals surface area contributed by atoms with Crippen LogP contribution in [0.25, 0.3) is 0 Å². The van der Waals surface area contributed by atoms with Gasteiger partial charge in [-0.3, -0.25) is 0 Å². The summed E-state index contributed by atoms with van der Waals surface area (Å²) in [7, 11) is 1.59. The van der Waals surface area contributed by atoms with Crippen LogP contribution in [0.15, 0.2) is 48.5 Å². The van der Waals surface area contributed by atoms with Crippen LogP contribution in [-0.2, 0) is 28.2 Å². The summed E-state index contributed by atoms with van der Waals surface area (Å²) in [5.74, 6) is 0. The average Bonchev–Trinajstić information content (AvgIpc) is 3.08. The van der Waals surface area contributed by atoms with Crippen LogP contribution in [0.2, 0.25) is 0 Å². The average molecular weight is 403 g/mol. The Morgan fingerprint density at radius 3 is 1.68 bits per heavy atom. The van der Waals surface area contributed by atoms with Crippen molar-refractivity contribution in [3.63, 3.8) is 0 Å². The van der Waals surface area contributed by atoms with E-state index in [1.807, 2.05) is 36.4 Å². The van der Waals surface area contributed by atoms with E-state index in [4.69, 9.17) is 0 Å². The fourth-order valence-electron chi connectivity index (χ4n) is 3.28. The first kappa shape index (κ1) is 24.4. The largest absolute Gasteiger partial charge is 0.748 e. The molecule has 148 valence electrons. The SMILES string of the molecule is CN(C)C[c-]1cccc1P(=O)(C(C)(C)C)C(C)(C)C.[Fe].[cH-]1[cH-][cH-][cH-][cH-]1. The smallest absolute Gasteiger partial charge is 0.102 e. The minimum atomic E-state index is -2.51. The van der Waals surface area contributed by atoms with E-state index < -0.39 is 7.14 Å². The molecule has 0 aromatic heterocycles. The number of nitrogens with zero attached hydrogens (tertiary/aromatic N) is 1. The van der Waals surface area contributed by atoms with Gasteiger partial charge < -0.3 is 39.8 Å². The molecule has 0 radical (unpaired) electrons. The number of rotatable bonds is 3. The molecule has 2 aromatic rings. The Labute approximate surface area is 165 Å². The van der Waals surface area contributed by atoms with Crippen molar-refractivity contribution < 1.29 is 21.6 Å². The maximum Gasteiger partial charge on any atom is 0.102 e. The van der Waals surface area contributed by atoms with Crippen molar-refractivity contribution in [2.75, 3.05) is 14.1 Å². The Morgan fingerprint density at radius 2 is 1.36 bits per heavy atom. The molecule has 2 nitrogen and oxygen atoms in total. The normalized spacial score (nSPS) is 12.4. The molecule has 2 rings (SSSR count). The van der Waals surface area contributed by atoms with Crippen molar-refractivity contribution in [1.82, 2.24) is 4.90 Å². The van der Waals surface area contributed by atoms with Gasteiger partial charge in [-0.05, 0) is 20.6 Å². The van der Waals surface area contributed by atoms with Crippen LogP contribution in [0, 0.1) is 0 Å². The van der Waals surface area contributed by atoms with Crippen LogP contribution >= 0.6 is 7.14 Å². The minimum absolute atomic E-state index is 0. The van der Waals surface area contributed by atoms with E-state index in [1.54, 1.807) is 0 Å². The molecular weight excluding hydrogens is 369 g/mol. The Bertz CT molecular complexity index is 607. The van der Waals surface area contributed by atoms with Gasteiger partial charge in [0.2, 0.25) is 0 Å². The van der Waals surface area contributed by atoms with Crippen LogP contribution in [0.1, 0.15) is 47.1 Å². The summed E-state index contributed by atoms with van der Waals surface area (Å²) < 4.78 is 13.9. The summed E-state index contributed by atoms with van der Waals surface area (Å²) >= 11 is 0. The molecule has 0 unspecified atom stereocenters. The van der Waals surface area contributed by atoms with Crippen molar-refractivity contribution in [2.24, 2.45) is 0 Å². The van der Waals surface area contributed by atoms with Crippen LogP contribution in [-0.4, -0.2) is 29.3 Å². The molecule has 25 heavy (non-hydrogen) atoms. The first-order valence-electron chi connectivity index (χ1n) is 8.58. The van der Waals surface area contributed by atoms with E-state index >= 15 is 0 Å². The van der Waals surface area contributed by atoms with Gasteiger partial charge in [0.05, 0.1) is 0 Å². The fourth-order valence-corrected chi connectivity index (χ4v) is 7.58. The van der Waals surface area contributed by atoms with Crippen molar-refractivity contribution in [3.8, 4) is 0 Å². The molecular formula is C21H34FeNOP-6. The predicted molar refractivity (Wildman–Crippen MR) is 108 cm³/mol. The summed E-state index contributed by atoms with van der Waals surface area (Å²) in [6, 6.07) is 16.2. The van der Waals surface area contributed by atoms with Gasteiger partial charge in [0.1, 0.15) is 7.14 Å². The second kappa shape index (κ2) is 9.38. The Morgan fingerprint density at radius 1 is 0.960 bits per heavy atom. The van der Waals surface area contributed by atoms with Gasteiger partial charge in [-0.1, -0.05) is 41.5 Å². The van der Waals surface area contributed by atoms with Crippen LogP contribution < -0.4 is 5.30 Å². The third kappa shape index (κ3) is 5.97. The van der Waals surface area contributed by atoms with Crippen molar-refractivity contribution in [2.45, 2.75) is 58.4 Å². The minimum Gasteiger partial charge on any atom is -0.748 e. The number of hydrogen-bond donors (Lipinski definition) is 0. The molecule has 0 atom stereocenters. The Kier molecular flexibility index (Phi) is 9.15. The van der Waals surface area contributed by atoms with E-state index in [0.29, 0.717) is 0 Å². The molecule has 4 heteroatoms. The quantitative estimate of drug-likeness (QED) is 0.386. The van der Waals surface area contributed by atoms with Crippen molar-refractivity contribution in [1.29, 1.82) is 0 Å². The molecule has 0 bridgehead atoms. The third-order valence-corrected chi connectivity index (χ3v) is 9.04. The molecule has 0 N–H and O–H groups in total. The molecule has 0 aliphatic carbocycles. The summed E-state index contributed by atoms with van der Waals surface area (Å²) in [6.45, 7) is 13.5. The zero-order valence-corrected chi connectivity index (χ0v) is 19.0. The maximum absolute atomic E-state index is 13.9. The molecule has 0 aliphatic heterocycles. The summed E-state index contributed by atoms with van der Waals surface area (Å²) in [5, 5.41) is 0.627. The first-order chi connectivity index (χ1) is 10.9. The first-order valence-corrected chi connectivity index (χ1v) is 10.3. The molecule has 0 aliphatic rings. The third-order valence-electron chi connectivity index (χ3n) is 4.15. The van der Waals surface area contributed by atoms with Gasteiger partial charge in [0, 0.05) is 27.4 Å². The van der Waals surface area contributed by atoms with E-state index in [1.165, 1.54) is 5.56 Å². The van der Waals surface area contributed by atoms with Crippen LogP contribution in [0.3, 0.4) is 0 Å².